The van der Waals surface area contributed by atoms with Crippen molar-refractivity contribution >= 4 is 15.7 Å². The van der Waals surface area contributed by atoms with Crippen molar-refractivity contribution < 1.29 is 13.5 Å². The Hall–Kier alpha value is -2.29. The lowest BCUT2D eigenvalue weighted by Gasteiger charge is -2.10. The standard InChI is InChI=1S/C15H13NO3S/c1-2-15(17)12-7-6-8-13(11-12)16-20(18,19)14-9-4-3-5-10-14/h1,3-11,15-17H. The first-order valence-electron chi connectivity index (χ1n) is 5.85. The number of hydrogen-bond acceptors (Lipinski definition) is 3. The van der Waals surface area contributed by atoms with Crippen LogP contribution in [0.2, 0.25) is 0 Å². The topological polar surface area (TPSA) is 66.4 Å². The van der Waals surface area contributed by atoms with Gasteiger partial charge in [-0.25, -0.2) is 8.42 Å². The van der Waals surface area contributed by atoms with E-state index in [1.54, 1.807) is 36.4 Å². The summed E-state index contributed by atoms with van der Waals surface area (Å²) in [4.78, 5) is 0.169. The van der Waals surface area contributed by atoms with Crippen LogP contribution in [0.4, 0.5) is 5.69 Å². The molecule has 0 spiro atoms. The van der Waals surface area contributed by atoms with Crippen molar-refractivity contribution in [1.82, 2.24) is 0 Å². The van der Waals surface area contributed by atoms with E-state index in [2.05, 4.69) is 10.6 Å². The zero-order valence-electron chi connectivity index (χ0n) is 10.5. The largest absolute Gasteiger partial charge is 0.376 e. The van der Waals surface area contributed by atoms with Crippen LogP contribution in [0.1, 0.15) is 11.7 Å². The minimum Gasteiger partial charge on any atom is -0.376 e. The number of rotatable bonds is 4. The van der Waals surface area contributed by atoms with Gasteiger partial charge in [0.25, 0.3) is 10.0 Å². The van der Waals surface area contributed by atoms with Gasteiger partial charge in [0.05, 0.1) is 4.90 Å². The van der Waals surface area contributed by atoms with Crippen LogP contribution in [-0.2, 0) is 10.0 Å². The van der Waals surface area contributed by atoms with E-state index in [1.165, 1.54) is 18.2 Å². The van der Waals surface area contributed by atoms with Gasteiger partial charge < -0.3 is 5.11 Å². The molecule has 5 heteroatoms. The van der Waals surface area contributed by atoms with Crippen molar-refractivity contribution in [2.75, 3.05) is 4.72 Å². The predicted molar refractivity (Wildman–Crippen MR) is 77.5 cm³/mol. The summed E-state index contributed by atoms with van der Waals surface area (Å²) in [5, 5.41) is 9.56. The molecule has 2 aromatic carbocycles. The Labute approximate surface area is 118 Å². The van der Waals surface area contributed by atoms with Crippen LogP contribution in [-0.4, -0.2) is 13.5 Å². The average molecular weight is 287 g/mol. The third kappa shape index (κ3) is 3.18. The average Bonchev–Trinajstić information content (AvgIpc) is 2.47. The molecule has 0 aliphatic rings. The zero-order chi connectivity index (χ0) is 14.6. The van der Waals surface area contributed by atoms with Crippen molar-refractivity contribution in [3.8, 4) is 12.3 Å². The van der Waals surface area contributed by atoms with Gasteiger partial charge in [0.15, 0.2) is 0 Å². The highest BCUT2D eigenvalue weighted by molar-refractivity contribution is 7.92. The van der Waals surface area contributed by atoms with Crippen LogP contribution in [0.3, 0.4) is 0 Å². The molecule has 0 radical (unpaired) electrons. The van der Waals surface area contributed by atoms with Crippen molar-refractivity contribution in [2.45, 2.75) is 11.0 Å². The van der Waals surface area contributed by atoms with Crippen LogP contribution < -0.4 is 4.72 Å². The fraction of sp³-hybridized carbons (Fsp3) is 0.0667. The normalized spacial score (nSPS) is 12.4. The number of benzene rings is 2. The van der Waals surface area contributed by atoms with E-state index in [-0.39, 0.29) is 4.90 Å². The number of aliphatic hydroxyl groups excluding tert-OH is 1. The smallest absolute Gasteiger partial charge is 0.261 e. The monoisotopic (exact) mass is 287 g/mol. The second-order valence-electron chi connectivity index (χ2n) is 4.11. The van der Waals surface area contributed by atoms with Gasteiger partial charge in [-0.3, -0.25) is 4.72 Å². The van der Waals surface area contributed by atoms with Gasteiger partial charge in [-0.2, -0.15) is 0 Å². The lowest BCUT2D eigenvalue weighted by Crippen LogP contribution is -2.13. The molecule has 0 heterocycles. The predicted octanol–water partition coefficient (Wildman–Crippen LogP) is 2.15. The maximum absolute atomic E-state index is 12.1. The Morgan fingerprint density at radius 1 is 1.10 bits per heavy atom. The summed E-state index contributed by atoms with van der Waals surface area (Å²) < 4.78 is 26.7. The van der Waals surface area contributed by atoms with Crippen LogP contribution in [0, 0.1) is 12.3 Å². The van der Waals surface area contributed by atoms with E-state index in [0.29, 0.717) is 11.3 Å². The molecule has 4 nitrogen and oxygen atoms in total. The van der Waals surface area contributed by atoms with Crippen molar-refractivity contribution in [3.63, 3.8) is 0 Å². The van der Waals surface area contributed by atoms with Gasteiger partial charge in [-0.1, -0.05) is 36.3 Å². The van der Waals surface area contributed by atoms with E-state index in [9.17, 15) is 13.5 Å². The Kier molecular flexibility index (Phi) is 4.08. The SMILES string of the molecule is C#CC(O)c1cccc(NS(=O)(=O)c2ccccc2)c1. The summed E-state index contributed by atoms with van der Waals surface area (Å²) in [6.07, 6.45) is 4.07. The molecule has 102 valence electrons. The third-order valence-electron chi connectivity index (χ3n) is 2.67. The van der Waals surface area contributed by atoms with Crippen LogP contribution >= 0.6 is 0 Å². The molecule has 1 atom stereocenters. The second-order valence-corrected chi connectivity index (χ2v) is 5.80. The van der Waals surface area contributed by atoms with E-state index in [0.717, 1.165) is 0 Å². The third-order valence-corrected chi connectivity index (χ3v) is 4.06. The first-order valence-corrected chi connectivity index (χ1v) is 7.33. The molecule has 20 heavy (non-hydrogen) atoms. The van der Waals surface area contributed by atoms with Gasteiger partial charge in [0, 0.05) is 5.69 Å². The van der Waals surface area contributed by atoms with E-state index < -0.39 is 16.1 Å². The van der Waals surface area contributed by atoms with Crippen LogP contribution in [0.5, 0.6) is 0 Å². The van der Waals surface area contributed by atoms with Crippen LogP contribution in [0.15, 0.2) is 59.5 Å². The molecular weight excluding hydrogens is 274 g/mol. The zero-order valence-corrected chi connectivity index (χ0v) is 11.3. The Morgan fingerprint density at radius 3 is 2.45 bits per heavy atom. The molecule has 0 amide bonds. The fourth-order valence-corrected chi connectivity index (χ4v) is 2.75. The first-order chi connectivity index (χ1) is 9.53. The van der Waals surface area contributed by atoms with E-state index >= 15 is 0 Å². The lowest BCUT2D eigenvalue weighted by molar-refractivity contribution is 0.238. The highest BCUT2D eigenvalue weighted by atomic mass is 32.2. The molecular formula is C15H13NO3S. The van der Waals surface area contributed by atoms with Gasteiger partial charge in [0.2, 0.25) is 0 Å². The number of sulfonamides is 1. The number of terminal acetylenes is 1. The molecule has 2 N–H and O–H groups in total. The van der Waals surface area contributed by atoms with Crippen molar-refractivity contribution in [3.05, 3.63) is 60.2 Å². The van der Waals surface area contributed by atoms with Crippen molar-refractivity contribution in [2.24, 2.45) is 0 Å². The minimum atomic E-state index is -3.65. The van der Waals surface area contributed by atoms with Gasteiger partial charge in [-0.15, -0.1) is 6.42 Å². The number of hydrogen-bond donors (Lipinski definition) is 2. The molecule has 0 saturated carbocycles. The Morgan fingerprint density at radius 2 is 1.80 bits per heavy atom. The molecule has 0 aliphatic carbocycles. The number of anilines is 1. The molecule has 1 unspecified atom stereocenters. The molecule has 2 aromatic rings. The lowest BCUT2D eigenvalue weighted by atomic mass is 10.1. The summed E-state index contributed by atoms with van der Waals surface area (Å²) in [5.41, 5.74) is 0.807. The molecule has 0 aliphatic heterocycles. The first kappa shape index (κ1) is 14.1. The highest BCUT2D eigenvalue weighted by Gasteiger charge is 2.14. The van der Waals surface area contributed by atoms with Crippen LogP contribution in [0.25, 0.3) is 0 Å². The fourth-order valence-electron chi connectivity index (χ4n) is 1.68. The highest BCUT2D eigenvalue weighted by Crippen LogP contribution is 2.20. The van der Waals surface area contributed by atoms with Crippen molar-refractivity contribution in [1.29, 1.82) is 0 Å². The molecule has 0 bridgehead atoms. The van der Waals surface area contributed by atoms with Gasteiger partial charge >= 0.3 is 0 Å². The van der Waals surface area contributed by atoms with E-state index in [1.807, 2.05) is 0 Å². The maximum Gasteiger partial charge on any atom is 0.261 e. The summed E-state index contributed by atoms with van der Waals surface area (Å²) in [6.45, 7) is 0. The van der Waals surface area contributed by atoms with E-state index in [4.69, 9.17) is 6.42 Å². The molecule has 0 fully saturated rings. The Balaban J connectivity index is 2.29. The summed E-state index contributed by atoms with van der Waals surface area (Å²) in [6, 6.07) is 14.4. The summed E-state index contributed by atoms with van der Waals surface area (Å²) >= 11 is 0. The quantitative estimate of drug-likeness (QED) is 0.847. The molecule has 0 aromatic heterocycles. The summed E-state index contributed by atoms with van der Waals surface area (Å²) in [7, 11) is -3.65. The summed E-state index contributed by atoms with van der Waals surface area (Å²) in [5.74, 6) is 2.18. The number of aliphatic hydroxyl groups is 1. The number of nitrogens with one attached hydrogen (secondary N) is 1. The minimum absolute atomic E-state index is 0.169. The maximum atomic E-state index is 12.1. The Bertz CT molecular complexity index is 733. The molecule has 2 rings (SSSR count). The second kappa shape index (κ2) is 5.78. The van der Waals surface area contributed by atoms with Gasteiger partial charge in [0.1, 0.15) is 6.10 Å². The van der Waals surface area contributed by atoms with Gasteiger partial charge in [-0.05, 0) is 29.8 Å². The molecule has 0 saturated heterocycles.